The number of nitrogens with one attached hydrogen (secondary N) is 1. The third kappa shape index (κ3) is 5.20. The molecule has 0 spiro atoms. The molecule has 0 fully saturated rings. The summed E-state index contributed by atoms with van der Waals surface area (Å²) in [7, 11) is 4.18. The van der Waals surface area contributed by atoms with Crippen molar-refractivity contribution in [2.45, 2.75) is 27.2 Å². The fourth-order valence-electron chi connectivity index (χ4n) is 2.67. The number of anilines is 3. The van der Waals surface area contributed by atoms with Crippen molar-refractivity contribution in [1.29, 1.82) is 0 Å². The van der Waals surface area contributed by atoms with Crippen LogP contribution in [-0.2, 0) is 0 Å². The van der Waals surface area contributed by atoms with Gasteiger partial charge in [-0.3, -0.25) is 0 Å². The molecule has 0 radical (unpaired) electrons. The van der Waals surface area contributed by atoms with Crippen molar-refractivity contribution in [3.63, 3.8) is 0 Å². The Bertz CT molecular complexity index is 654. The number of aryl methyl sites for hydroxylation is 2. The van der Waals surface area contributed by atoms with Gasteiger partial charge in [0.1, 0.15) is 17.5 Å². The van der Waals surface area contributed by atoms with Gasteiger partial charge in [0.2, 0.25) is 0 Å². The van der Waals surface area contributed by atoms with Crippen LogP contribution >= 0.6 is 0 Å². The van der Waals surface area contributed by atoms with Gasteiger partial charge in [0, 0.05) is 24.8 Å². The summed E-state index contributed by atoms with van der Waals surface area (Å²) in [6, 6.07) is 10.5. The van der Waals surface area contributed by atoms with Crippen molar-refractivity contribution in [2.75, 3.05) is 43.9 Å². The summed E-state index contributed by atoms with van der Waals surface area (Å²) in [4.78, 5) is 13.6. The van der Waals surface area contributed by atoms with Gasteiger partial charge in [0.15, 0.2) is 0 Å². The van der Waals surface area contributed by atoms with E-state index in [2.05, 4.69) is 77.3 Å². The van der Waals surface area contributed by atoms with Gasteiger partial charge < -0.3 is 15.1 Å². The summed E-state index contributed by atoms with van der Waals surface area (Å²) >= 11 is 0. The van der Waals surface area contributed by atoms with E-state index in [-0.39, 0.29) is 0 Å². The lowest BCUT2D eigenvalue weighted by Gasteiger charge is -2.23. The first-order valence-corrected chi connectivity index (χ1v) is 8.58. The highest BCUT2D eigenvalue weighted by Gasteiger charge is 2.11. The van der Waals surface area contributed by atoms with E-state index in [0.29, 0.717) is 0 Å². The molecular formula is C19H29N5. The third-order valence-electron chi connectivity index (χ3n) is 3.82. The van der Waals surface area contributed by atoms with Crippen LogP contribution in [0.3, 0.4) is 0 Å². The Hall–Kier alpha value is -2.14. The number of nitrogens with zero attached hydrogens (tertiary/aromatic N) is 4. The van der Waals surface area contributed by atoms with Crippen LogP contribution in [0, 0.1) is 13.8 Å². The van der Waals surface area contributed by atoms with Gasteiger partial charge in [-0.15, -0.1) is 0 Å². The second kappa shape index (κ2) is 8.64. The van der Waals surface area contributed by atoms with Crippen molar-refractivity contribution in [1.82, 2.24) is 14.9 Å². The average Bonchev–Trinajstić information content (AvgIpc) is 2.52. The minimum absolute atomic E-state index is 0.786. The molecule has 130 valence electrons. The summed E-state index contributed by atoms with van der Waals surface area (Å²) in [6.07, 6.45) is 1.08. The number of benzene rings is 1. The van der Waals surface area contributed by atoms with E-state index in [1.165, 1.54) is 5.56 Å². The van der Waals surface area contributed by atoms with E-state index in [0.717, 1.165) is 49.2 Å². The predicted molar refractivity (Wildman–Crippen MR) is 102 cm³/mol. The van der Waals surface area contributed by atoms with E-state index >= 15 is 0 Å². The lowest BCUT2D eigenvalue weighted by Crippen LogP contribution is -2.19. The normalized spacial score (nSPS) is 10.9. The molecule has 24 heavy (non-hydrogen) atoms. The second-order valence-electron chi connectivity index (χ2n) is 6.33. The molecule has 1 aromatic heterocycles. The maximum atomic E-state index is 4.63. The van der Waals surface area contributed by atoms with E-state index < -0.39 is 0 Å². The number of rotatable bonds is 8. The Labute approximate surface area is 145 Å². The average molecular weight is 327 g/mol. The summed E-state index contributed by atoms with van der Waals surface area (Å²) in [5, 5.41) is 3.42. The van der Waals surface area contributed by atoms with E-state index in [4.69, 9.17) is 0 Å². The highest BCUT2D eigenvalue weighted by Crippen LogP contribution is 2.25. The molecule has 0 saturated carbocycles. The minimum Gasteiger partial charge on any atom is -0.370 e. The molecule has 0 atom stereocenters. The van der Waals surface area contributed by atoms with Gasteiger partial charge in [0.25, 0.3) is 0 Å². The highest BCUT2D eigenvalue weighted by molar-refractivity contribution is 5.63. The molecule has 2 rings (SSSR count). The molecule has 0 unspecified atom stereocenters. The van der Waals surface area contributed by atoms with E-state index in [1.54, 1.807) is 0 Å². The molecule has 5 nitrogen and oxygen atoms in total. The van der Waals surface area contributed by atoms with Gasteiger partial charge in [-0.25, -0.2) is 9.97 Å². The molecule has 0 saturated heterocycles. The van der Waals surface area contributed by atoms with E-state index in [1.807, 2.05) is 13.0 Å². The molecule has 0 aliphatic heterocycles. The first kappa shape index (κ1) is 18.2. The molecule has 0 aliphatic rings. The summed E-state index contributed by atoms with van der Waals surface area (Å²) in [6.45, 7) is 9.03. The lowest BCUT2D eigenvalue weighted by molar-refractivity contribution is 0.405. The SMILES string of the molecule is CCN(c1cccc(C)c1)c1cc(NCCCN(C)C)nc(C)n1. The molecule has 2 aromatic rings. The third-order valence-corrected chi connectivity index (χ3v) is 3.82. The van der Waals surface area contributed by atoms with Crippen LogP contribution in [0.15, 0.2) is 30.3 Å². The Morgan fingerprint density at radius 3 is 2.54 bits per heavy atom. The Morgan fingerprint density at radius 2 is 1.88 bits per heavy atom. The van der Waals surface area contributed by atoms with Crippen LogP contribution in [0.4, 0.5) is 17.3 Å². The Balaban J connectivity index is 2.16. The van der Waals surface area contributed by atoms with Gasteiger partial charge in [0.05, 0.1) is 0 Å². The van der Waals surface area contributed by atoms with Crippen molar-refractivity contribution in [2.24, 2.45) is 0 Å². The largest absolute Gasteiger partial charge is 0.370 e. The molecule has 0 bridgehead atoms. The van der Waals surface area contributed by atoms with Gasteiger partial charge in [-0.1, -0.05) is 12.1 Å². The quantitative estimate of drug-likeness (QED) is 0.750. The smallest absolute Gasteiger partial charge is 0.138 e. The zero-order valence-corrected chi connectivity index (χ0v) is 15.5. The van der Waals surface area contributed by atoms with Crippen molar-refractivity contribution in [3.05, 3.63) is 41.7 Å². The topological polar surface area (TPSA) is 44.3 Å². The lowest BCUT2D eigenvalue weighted by atomic mass is 10.2. The highest BCUT2D eigenvalue weighted by atomic mass is 15.2. The first-order chi connectivity index (χ1) is 11.5. The maximum Gasteiger partial charge on any atom is 0.138 e. The molecule has 5 heteroatoms. The van der Waals surface area contributed by atoms with Crippen molar-refractivity contribution in [3.8, 4) is 0 Å². The Kier molecular flexibility index (Phi) is 6.55. The fraction of sp³-hybridized carbons (Fsp3) is 0.474. The number of hydrogen-bond donors (Lipinski definition) is 1. The van der Waals surface area contributed by atoms with E-state index in [9.17, 15) is 0 Å². The van der Waals surface area contributed by atoms with Crippen LogP contribution in [0.2, 0.25) is 0 Å². The van der Waals surface area contributed by atoms with Crippen LogP contribution in [0.25, 0.3) is 0 Å². The van der Waals surface area contributed by atoms with Gasteiger partial charge in [-0.2, -0.15) is 0 Å². The molecule has 1 heterocycles. The molecule has 1 aromatic carbocycles. The minimum atomic E-state index is 0.786. The van der Waals surface area contributed by atoms with Gasteiger partial charge >= 0.3 is 0 Å². The monoisotopic (exact) mass is 327 g/mol. The Morgan fingerprint density at radius 1 is 1.08 bits per heavy atom. The zero-order valence-electron chi connectivity index (χ0n) is 15.5. The predicted octanol–water partition coefficient (Wildman–Crippen LogP) is 3.62. The molecular weight excluding hydrogens is 298 g/mol. The van der Waals surface area contributed by atoms with Crippen LogP contribution in [0.1, 0.15) is 24.7 Å². The van der Waals surface area contributed by atoms with Gasteiger partial charge in [-0.05, 0) is 65.5 Å². The van der Waals surface area contributed by atoms with Crippen molar-refractivity contribution >= 4 is 17.3 Å². The van der Waals surface area contributed by atoms with Crippen LogP contribution < -0.4 is 10.2 Å². The molecule has 1 N–H and O–H groups in total. The molecule has 0 aliphatic carbocycles. The number of hydrogen-bond acceptors (Lipinski definition) is 5. The fourth-order valence-corrected chi connectivity index (χ4v) is 2.67. The van der Waals surface area contributed by atoms with Crippen LogP contribution in [-0.4, -0.2) is 48.6 Å². The van der Waals surface area contributed by atoms with Crippen molar-refractivity contribution < 1.29 is 0 Å². The molecule has 0 amide bonds. The van der Waals surface area contributed by atoms with Crippen LogP contribution in [0.5, 0.6) is 0 Å². The maximum absolute atomic E-state index is 4.63. The summed E-state index contributed by atoms with van der Waals surface area (Å²) in [5.41, 5.74) is 2.41. The number of aromatic nitrogens is 2. The summed E-state index contributed by atoms with van der Waals surface area (Å²) < 4.78 is 0. The first-order valence-electron chi connectivity index (χ1n) is 8.58. The zero-order chi connectivity index (χ0) is 17.5. The summed E-state index contributed by atoms with van der Waals surface area (Å²) in [5.74, 6) is 2.61. The second-order valence-corrected chi connectivity index (χ2v) is 6.33. The standard InChI is InChI=1S/C19H29N5/c1-6-24(17-10-7-9-15(2)13-17)19-14-18(21-16(3)22-19)20-11-8-12-23(4)5/h7,9-10,13-14H,6,8,11-12H2,1-5H3,(H,20,21,22).